The summed E-state index contributed by atoms with van der Waals surface area (Å²) >= 11 is 0. The molecule has 1 fully saturated rings. The molecule has 1 atom stereocenters. The first-order valence-corrected chi connectivity index (χ1v) is 5.77. The molecular weight excluding hydrogens is 233 g/mol. The Morgan fingerprint density at radius 1 is 1.47 bits per heavy atom. The highest BCUT2D eigenvalue weighted by molar-refractivity contribution is 5.83. The molecule has 1 rings (SSSR count). The molecule has 98 valence electrons. The van der Waals surface area contributed by atoms with Crippen LogP contribution >= 0.6 is 0 Å². The molecule has 0 spiro atoms. The average molecular weight is 250 g/mol. The van der Waals surface area contributed by atoms with E-state index in [-0.39, 0.29) is 12.3 Å². The van der Waals surface area contributed by atoms with Gasteiger partial charge in [-0.1, -0.05) is 6.42 Å². The molecule has 2 nitrogen and oxygen atoms in total. The van der Waals surface area contributed by atoms with Gasteiger partial charge in [-0.25, -0.2) is 0 Å². The molecule has 1 unspecified atom stereocenters. The van der Waals surface area contributed by atoms with Crippen molar-refractivity contribution < 1.29 is 22.7 Å². The summed E-state index contributed by atoms with van der Waals surface area (Å²) in [5, 5.41) is 0. The highest BCUT2D eigenvalue weighted by atomic mass is 19.4. The molecule has 0 radical (unpaired) electrons. The lowest BCUT2D eigenvalue weighted by Gasteiger charge is -2.24. The molecule has 1 aliphatic rings. The second kappa shape index (κ2) is 6.07. The van der Waals surface area contributed by atoms with E-state index in [1.54, 1.807) is 6.26 Å². The Morgan fingerprint density at radius 3 is 2.76 bits per heavy atom. The van der Waals surface area contributed by atoms with Gasteiger partial charge in [-0.05, 0) is 37.2 Å². The molecule has 1 aliphatic carbocycles. The lowest BCUT2D eigenvalue weighted by atomic mass is 9.82. The Kier molecular flexibility index (Phi) is 5.02. The summed E-state index contributed by atoms with van der Waals surface area (Å²) in [5.41, 5.74) is 1.04. The van der Waals surface area contributed by atoms with E-state index in [2.05, 4.69) is 0 Å². The number of alkyl halides is 3. The van der Waals surface area contributed by atoms with E-state index in [0.717, 1.165) is 31.3 Å². The fourth-order valence-electron chi connectivity index (χ4n) is 2.19. The number of carbonyl (C=O) groups excluding carboxylic acids is 1. The molecule has 1 saturated carbocycles. The van der Waals surface area contributed by atoms with E-state index < -0.39 is 18.4 Å². The normalized spacial score (nSPS) is 23.8. The number of ketones is 1. The van der Waals surface area contributed by atoms with Crippen molar-refractivity contribution in [2.24, 2.45) is 5.92 Å². The van der Waals surface area contributed by atoms with Crippen molar-refractivity contribution in [3.63, 3.8) is 0 Å². The quantitative estimate of drug-likeness (QED) is 0.712. The SMILES string of the molecule is CO/C=C1/CCCCC1CCC(=O)C(F)(F)F. The Balaban J connectivity index is 2.49. The van der Waals surface area contributed by atoms with Crippen LogP contribution in [0.15, 0.2) is 11.8 Å². The van der Waals surface area contributed by atoms with Gasteiger partial charge in [0.2, 0.25) is 5.78 Å². The number of halogens is 3. The van der Waals surface area contributed by atoms with Gasteiger partial charge in [0.05, 0.1) is 13.4 Å². The molecule has 0 aromatic rings. The van der Waals surface area contributed by atoms with Crippen molar-refractivity contribution >= 4 is 5.78 Å². The maximum atomic E-state index is 12.1. The van der Waals surface area contributed by atoms with Crippen molar-refractivity contribution in [2.75, 3.05) is 7.11 Å². The van der Waals surface area contributed by atoms with Crippen LogP contribution in [0.5, 0.6) is 0 Å². The number of ether oxygens (including phenoxy) is 1. The molecule has 0 aliphatic heterocycles. The van der Waals surface area contributed by atoms with Crippen molar-refractivity contribution in [3.05, 3.63) is 11.8 Å². The molecule has 17 heavy (non-hydrogen) atoms. The molecule has 0 saturated heterocycles. The third kappa shape index (κ3) is 4.40. The average Bonchev–Trinajstić information content (AvgIpc) is 2.26. The van der Waals surface area contributed by atoms with Crippen LogP contribution in [-0.4, -0.2) is 19.1 Å². The van der Waals surface area contributed by atoms with Crippen LogP contribution in [0.2, 0.25) is 0 Å². The van der Waals surface area contributed by atoms with E-state index in [9.17, 15) is 18.0 Å². The molecule has 5 heteroatoms. The summed E-state index contributed by atoms with van der Waals surface area (Å²) in [4.78, 5) is 10.8. The highest BCUT2D eigenvalue weighted by Gasteiger charge is 2.38. The van der Waals surface area contributed by atoms with Gasteiger partial charge in [-0.15, -0.1) is 0 Å². The summed E-state index contributed by atoms with van der Waals surface area (Å²) in [7, 11) is 1.53. The maximum absolute atomic E-state index is 12.1. The summed E-state index contributed by atoms with van der Waals surface area (Å²) in [5.74, 6) is -1.56. The second-order valence-electron chi connectivity index (χ2n) is 4.33. The highest BCUT2D eigenvalue weighted by Crippen LogP contribution is 2.33. The number of hydrogen-bond acceptors (Lipinski definition) is 2. The first kappa shape index (κ1) is 14.1. The van der Waals surface area contributed by atoms with Gasteiger partial charge in [0, 0.05) is 6.42 Å². The van der Waals surface area contributed by atoms with Gasteiger partial charge in [0.25, 0.3) is 0 Å². The number of rotatable bonds is 4. The van der Waals surface area contributed by atoms with Gasteiger partial charge >= 0.3 is 6.18 Å². The first-order chi connectivity index (χ1) is 7.95. The number of hydrogen-bond donors (Lipinski definition) is 0. The smallest absolute Gasteiger partial charge is 0.449 e. The van der Waals surface area contributed by atoms with Crippen LogP contribution in [0.1, 0.15) is 38.5 Å². The largest absolute Gasteiger partial charge is 0.504 e. The summed E-state index contributed by atoms with van der Waals surface area (Å²) in [6.07, 6.45) is 0.522. The molecular formula is C12H17F3O2. The summed E-state index contributed by atoms with van der Waals surface area (Å²) < 4.78 is 41.1. The van der Waals surface area contributed by atoms with E-state index in [4.69, 9.17) is 4.74 Å². The van der Waals surface area contributed by atoms with Gasteiger partial charge in [-0.3, -0.25) is 4.79 Å². The zero-order valence-corrected chi connectivity index (χ0v) is 9.85. The van der Waals surface area contributed by atoms with E-state index in [0.29, 0.717) is 0 Å². The zero-order chi connectivity index (χ0) is 12.9. The number of Topliss-reactive ketones (excluding diaryl/α,β-unsaturated/α-hetero) is 1. The Labute approximate surface area is 98.8 Å². The Morgan fingerprint density at radius 2 is 2.18 bits per heavy atom. The minimum Gasteiger partial charge on any atom is -0.504 e. The minimum absolute atomic E-state index is 0.0648. The predicted octanol–water partition coefficient (Wildman–Crippen LogP) is 3.62. The molecule has 0 heterocycles. The van der Waals surface area contributed by atoms with Crippen LogP contribution in [0.25, 0.3) is 0 Å². The second-order valence-corrected chi connectivity index (χ2v) is 4.33. The van der Waals surface area contributed by atoms with Crippen LogP contribution in [-0.2, 0) is 9.53 Å². The topological polar surface area (TPSA) is 26.3 Å². The van der Waals surface area contributed by atoms with Gasteiger partial charge in [-0.2, -0.15) is 13.2 Å². The lowest BCUT2D eigenvalue weighted by molar-refractivity contribution is -0.171. The van der Waals surface area contributed by atoms with E-state index >= 15 is 0 Å². The molecule has 0 aromatic carbocycles. The number of allylic oxidation sites excluding steroid dienone is 1. The van der Waals surface area contributed by atoms with Crippen molar-refractivity contribution in [2.45, 2.75) is 44.7 Å². The number of methoxy groups -OCH3 is 1. The lowest BCUT2D eigenvalue weighted by Crippen LogP contribution is -2.23. The monoisotopic (exact) mass is 250 g/mol. The van der Waals surface area contributed by atoms with E-state index in [1.807, 2.05) is 0 Å². The van der Waals surface area contributed by atoms with Crippen LogP contribution in [0, 0.1) is 5.92 Å². The van der Waals surface area contributed by atoms with Crippen LogP contribution in [0.4, 0.5) is 13.2 Å². The Hall–Kier alpha value is -1.00. The van der Waals surface area contributed by atoms with E-state index in [1.165, 1.54) is 7.11 Å². The van der Waals surface area contributed by atoms with Gasteiger partial charge in [0.1, 0.15) is 0 Å². The minimum atomic E-state index is -4.69. The van der Waals surface area contributed by atoms with Crippen LogP contribution in [0.3, 0.4) is 0 Å². The number of carbonyl (C=O) groups is 1. The fourth-order valence-corrected chi connectivity index (χ4v) is 2.19. The standard InChI is InChI=1S/C12H17F3O2/c1-17-8-10-5-3-2-4-9(10)6-7-11(16)12(13,14)15/h8-9H,2-7H2,1H3/b10-8-. The van der Waals surface area contributed by atoms with Crippen molar-refractivity contribution in [3.8, 4) is 0 Å². The fraction of sp³-hybridized carbons (Fsp3) is 0.750. The van der Waals surface area contributed by atoms with Gasteiger partial charge in [0.15, 0.2) is 0 Å². The third-order valence-corrected chi connectivity index (χ3v) is 3.10. The summed E-state index contributed by atoms with van der Waals surface area (Å²) in [6.45, 7) is 0. The van der Waals surface area contributed by atoms with Crippen molar-refractivity contribution in [1.29, 1.82) is 0 Å². The first-order valence-electron chi connectivity index (χ1n) is 5.77. The van der Waals surface area contributed by atoms with Gasteiger partial charge < -0.3 is 4.74 Å². The predicted molar refractivity (Wildman–Crippen MR) is 57.3 cm³/mol. The summed E-state index contributed by atoms with van der Waals surface area (Å²) in [6, 6.07) is 0. The molecule has 0 aromatic heterocycles. The molecule has 0 bridgehead atoms. The molecule has 0 amide bonds. The van der Waals surface area contributed by atoms with Crippen LogP contribution < -0.4 is 0 Å². The Bertz CT molecular complexity index is 295. The zero-order valence-electron chi connectivity index (χ0n) is 9.85. The maximum Gasteiger partial charge on any atom is 0.449 e. The molecule has 0 N–H and O–H groups in total. The third-order valence-electron chi connectivity index (χ3n) is 3.10. The van der Waals surface area contributed by atoms with Crippen molar-refractivity contribution in [1.82, 2.24) is 0 Å².